The van der Waals surface area contributed by atoms with Gasteiger partial charge in [0.15, 0.2) is 6.29 Å². The van der Waals surface area contributed by atoms with E-state index in [9.17, 15) is 9.90 Å². The molecular formula is C24H34O5. The third kappa shape index (κ3) is 3.76. The van der Waals surface area contributed by atoms with Crippen LogP contribution in [0.1, 0.15) is 47.0 Å². The monoisotopic (exact) mass is 402 g/mol. The van der Waals surface area contributed by atoms with Crippen LogP contribution in [0, 0.1) is 16.7 Å². The summed E-state index contributed by atoms with van der Waals surface area (Å²) in [6, 6.07) is 0. The summed E-state index contributed by atoms with van der Waals surface area (Å²) in [6.45, 7) is 8.66. The smallest absolute Gasteiger partial charge is 0.331 e. The molecule has 29 heavy (non-hydrogen) atoms. The van der Waals surface area contributed by atoms with E-state index >= 15 is 0 Å². The number of hydrogen-bond donors (Lipinski definition) is 1. The van der Waals surface area contributed by atoms with Gasteiger partial charge in [0, 0.05) is 30.1 Å². The molecule has 2 fully saturated rings. The highest BCUT2D eigenvalue weighted by Gasteiger charge is 2.67. The molecule has 0 amide bonds. The number of methoxy groups -OCH3 is 1. The second-order valence-electron chi connectivity index (χ2n) is 9.27. The molecule has 1 saturated carbocycles. The molecule has 0 aromatic rings. The zero-order valence-corrected chi connectivity index (χ0v) is 18.2. The van der Waals surface area contributed by atoms with Crippen molar-refractivity contribution in [3.8, 4) is 0 Å². The molecule has 0 radical (unpaired) electrons. The second-order valence-corrected chi connectivity index (χ2v) is 9.27. The van der Waals surface area contributed by atoms with Crippen molar-refractivity contribution in [2.24, 2.45) is 16.7 Å². The number of carbonyl (C=O) groups excluding carboxylic acids is 1. The summed E-state index contributed by atoms with van der Waals surface area (Å²) in [4.78, 5) is 12.5. The van der Waals surface area contributed by atoms with Gasteiger partial charge in [0.05, 0.1) is 6.61 Å². The highest BCUT2D eigenvalue weighted by molar-refractivity contribution is 5.82. The molecule has 160 valence electrons. The minimum Gasteiger partial charge on any atom is -0.455 e. The number of allylic oxidation sites excluding steroid dienone is 5. The van der Waals surface area contributed by atoms with E-state index in [2.05, 4.69) is 20.8 Å². The normalized spacial score (nSPS) is 39.0. The van der Waals surface area contributed by atoms with Crippen molar-refractivity contribution in [2.75, 3.05) is 13.7 Å². The first-order chi connectivity index (χ1) is 13.7. The maximum Gasteiger partial charge on any atom is 0.331 e. The van der Waals surface area contributed by atoms with Gasteiger partial charge in [-0.2, -0.15) is 0 Å². The van der Waals surface area contributed by atoms with Gasteiger partial charge in [-0.25, -0.2) is 4.79 Å². The van der Waals surface area contributed by atoms with Crippen molar-refractivity contribution in [1.29, 1.82) is 0 Å². The summed E-state index contributed by atoms with van der Waals surface area (Å²) in [5.41, 5.74) is -0.973. The number of esters is 1. The average molecular weight is 403 g/mol. The predicted molar refractivity (Wildman–Crippen MR) is 112 cm³/mol. The van der Waals surface area contributed by atoms with E-state index in [1.165, 1.54) is 6.08 Å². The number of hydrogen-bond acceptors (Lipinski definition) is 5. The fourth-order valence-corrected chi connectivity index (χ4v) is 5.75. The van der Waals surface area contributed by atoms with Crippen molar-refractivity contribution in [2.45, 2.75) is 65.0 Å². The van der Waals surface area contributed by atoms with Crippen molar-refractivity contribution in [1.82, 2.24) is 0 Å². The van der Waals surface area contributed by atoms with E-state index < -0.39 is 23.4 Å². The van der Waals surface area contributed by atoms with Crippen LogP contribution in [0.3, 0.4) is 0 Å². The Labute approximate surface area is 174 Å². The number of aliphatic hydroxyl groups is 1. The van der Waals surface area contributed by atoms with Gasteiger partial charge in [-0.3, -0.25) is 0 Å². The van der Waals surface area contributed by atoms with Crippen LogP contribution in [-0.2, 0) is 19.0 Å². The van der Waals surface area contributed by atoms with Crippen LogP contribution in [0.5, 0.6) is 0 Å². The van der Waals surface area contributed by atoms with E-state index in [0.29, 0.717) is 5.57 Å². The first-order valence-corrected chi connectivity index (χ1v) is 10.5. The Bertz CT molecular complexity index is 746. The standard InChI is InChI=1S/C24H34O5/c1-6-7-8-9-10-12-19(25)29-18-15-17-21(27-5)28-16-24(17,26)23(4)14-11-13-22(2,3)20(18)23/h6-10,12,15,18,20-21,26H,11,13-14,16H2,1-5H3/b7-6+,9-8+,12-10+/t18?,20-,21+,23-,24+/m0/s1. The van der Waals surface area contributed by atoms with E-state index in [-0.39, 0.29) is 23.9 Å². The van der Waals surface area contributed by atoms with E-state index in [1.54, 1.807) is 19.3 Å². The lowest BCUT2D eigenvalue weighted by Crippen LogP contribution is -2.64. The molecule has 5 nitrogen and oxygen atoms in total. The first-order valence-electron chi connectivity index (χ1n) is 10.5. The third-order valence-electron chi connectivity index (χ3n) is 7.06. The molecule has 3 aliphatic rings. The Balaban J connectivity index is 1.95. The van der Waals surface area contributed by atoms with Crippen LogP contribution in [0.2, 0.25) is 0 Å². The Hall–Kier alpha value is -1.69. The number of carbonyl (C=O) groups is 1. The van der Waals surface area contributed by atoms with E-state index in [4.69, 9.17) is 14.2 Å². The Morgan fingerprint density at radius 2 is 1.93 bits per heavy atom. The fraction of sp³-hybridized carbons (Fsp3) is 0.625. The Morgan fingerprint density at radius 3 is 2.62 bits per heavy atom. The Morgan fingerprint density at radius 1 is 1.21 bits per heavy atom. The minimum absolute atomic E-state index is 0.0207. The van der Waals surface area contributed by atoms with Crippen LogP contribution < -0.4 is 0 Å². The highest BCUT2D eigenvalue weighted by atomic mass is 16.7. The molecule has 1 N–H and O–H groups in total. The molecular weight excluding hydrogens is 368 g/mol. The highest BCUT2D eigenvalue weighted by Crippen LogP contribution is 2.63. The van der Waals surface area contributed by atoms with Crippen LogP contribution >= 0.6 is 0 Å². The molecule has 0 aromatic carbocycles. The molecule has 1 unspecified atom stereocenters. The Kier molecular flexibility index (Phi) is 6.23. The van der Waals surface area contributed by atoms with Crippen molar-refractivity contribution >= 4 is 5.97 Å². The van der Waals surface area contributed by atoms with E-state index in [1.807, 2.05) is 31.2 Å². The lowest BCUT2D eigenvalue weighted by atomic mass is 9.46. The molecule has 5 heteroatoms. The summed E-state index contributed by atoms with van der Waals surface area (Å²) in [6.07, 6.45) is 14.3. The summed E-state index contributed by atoms with van der Waals surface area (Å²) >= 11 is 0. The maximum absolute atomic E-state index is 12.5. The first kappa shape index (κ1) is 22.0. The van der Waals surface area contributed by atoms with Crippen molar-refractivity contribution < 1.29 is 24.1 Å². The van der Waals surface area contributed by atoms with Crippen molar-refractivity contribution in [3.05, 3.63) is 48.1 Å². The van der Waals surface area contributed by atoms with Gasteiger partial charge in [-0.1, -0.05) is 57.6 Å². The number of rotatable bonds is 5. The molecule has 1 heterocycles. The summed E-state index contributed by atoms with van der Waals surface area (Å²) in [7, 11) is 1.57. The van der Waals surface area contributed by atoms with Gasteiger partial charge >= 0.3 is 5.97 Å². The topological polar surface area (TPSA) is 65.0 Å². The molecule has 2 aliphatic carbocycles. The third-order valence-corrected chi connectivity index (χ3v) is 7.06. The molecule has 1 saturated heterocycles. The lowest BCUT2D eigenvalue weighted by Gasteiger charge is -2.60. The van der Waals surface area contributed by atoms with Gasteiger partial charge in [-0.05, 0) is 31.3 Å². The number of fused-ring (bicyclic) bond motifs is 3. The molecule has 3 rings (SSSR count). The number of ether oxygens (including phenoxy) is 3. The molecule has 5 atom stereocenters. The van der Waals surface area contributed by atoms with Gasteiger partial charge in [0.25, 0.3) is 0 Å². The van der Waals surface area contributed by atoms with Crippen LogP contribution in [-0.4, -0.2) is 42.8 Å². The van der Waals surface area contributed by atoms with Gasteiger partial charge in [-0.15, -0.1) is 0 Å². The van der Waals surface area contributed by atoms with Crippen LogP contribution in [0.4, 0.5) is 0 Å². The largest absolute Gasteiger partial charge is 0.455 e. The summed E-state index contributed by atoms with van der Waals surface area (Å²) < 4.78 is 17.2. The SMILES string of the molecule is C/C=C/C=C/C=C/C(=O)OC1C=C2[C@H](OC)OC[C@]2(O)[C@@]2(C)CCCC(C)(C)[C@H]12. The zero-order valence-electron chi connectivity index (χ0n) is 18.2. The zero-order chi connectivity index (χ0) is 21.3. The maximum atomic E-state index is 12.5. The minimum atomic E-state index is -1.11. The lowest BCUT2D eigenvalue weighted by molar-refractivity contribution is -0.186. The summed E-state index contributed by atoms with van der Waals surface area (Å²) in [5, 5.41) is 11.7. The van der Waals surface area contributed by atoms with Gasteiger partial charge in [0.2, 0.25) is 0 Å². The molecule has 0 spiro atoms. The van der Waals surface area contributed by atoms with Crippen molar-refractivity contribution in [3.63, 3.8) is 0 Å². The molecule has 0 aromatic heterocycles. The molecule has 0 bridgehead atoms. The summed E-state index contributed by atoms with van der Waals surface area (Å²) in [5.74, 6) is -0.411. The molecule has 1 aliphatic heterocycles. The van der Waals surface area contributed by atoms with Gasteiger partial charge < -0.3 is 19.3 Å². The van der Waals surface area contributed by atoms with Crippen LogP contribution in [0.25, 0.3) is 0 Å². The second kappa shape index (κ2) is 8.21. The van der Waals surface area contributed by atoms with E-state index in [0.717, 1.165) is 19.3 Å². The predicted octanol–water partition coefficient (Wildman–Crippen LogP) is 4.09. The van der Waals surface area contributed by atoms with Gasteiger partial charge in [0.1, 0.15) is 11.7 Å². The van der Waals surface area contributed by atoms with Crippen LogP contribution in [0.15, 0.2) is 48.1 Å². The fourth-order valence-electron chi connectivity index (χ4n) is 5.75. The quantitative estimate of drug-likeness (QED) is 0.325. The average Bonchev–Trinajstić information content (AvgIpc) is 2.98.